The highest BCUT2D eigenvalue weighted by molar-refractivity contribution is 7.99. The summed E-state index contributed by atoms with van der Waals surface area (Å²) in [6.07, 6.45) is 2.27. The Morgan fingerprint density at radius 1 is 1.47 bits per heavy atom. The number of hydrogen-bond acceptors (Lipinski definition) is 2. The van der Waals surface area contributed by atoms with Crippen molar-refractivity contribution in [2.24, 2.45) is 0 Å². The van der Waals surface area contributed by atoms with Gasteiger partial charge < -0.3 is 4.98 Å². The van der Waals surface area contributed by atoms with Crippen molar-refractivity contribution in [3.05, 3.63) is 33.7 Å². The van der Waals surface area contributed by atoms with Gasteiger partial charge in [-0.3, -0.25) is 4.57 Å². The molecule has 0 aliphatic carbocycles. The quantitative estimate of drug-likeness (QED) is 0.863. The Labute approximate surface area is 108 Å². The SMILES string of the molecule is O=c1[nH]c2cc(Cl)ccc2n1C1CCCSC1. The second-order valence-electron chi connectivity index (χ2n) is 4.33. The number of nitrogens with one attached hydrogen (secondary N) is 1. The molecule has 1 fully saturated rings. The zero-order valence-corrected chi connectivity index (χ0v) is 10.9. The molecule has 2 aromatic rings. The van der Waals surface area contributed by atoms with E-state index in [2.05, 4.69) is 4.98 Å². The number of benzene rings is 1. The summed E-state index contributed by atoms with van der Waals surface area (Å²) in [4.78, 5) is 14.9. The van der Waals surface area contributed by atoms with Gasteiger partial charge in [0.05, 0.1) is 11.0 Å². The Balaban J connectivity index is 2.14. The lowest BCUT2D eigenvalue weighted by Crippen LogP contribution is -2.25. The van der Waals surface area contributed by atoms with E-state index in [0.717, 1.165) is 23.2 Å². The summed E-state index contributed by atoms with van der Waals surface area (Å²) in [5.74, 6) is 2.23. The fourth-order valence-electron chi connectivity index (χ4n) is 2.39. The predicted octanol–water partition coefficient (Wildman–Crippen LogP) is 3.05. The smallest absolute Gasteiger partial charge is 0.305 e. The van der Waals surface area contributed by atoms with Gasteiger partial charge in [-0.1, -0.05) is 11.6 Å². The molecule has 1 aromatic carbocycles. The first-order valence-corrected chi connectivity index (χ1v) is 7.26. The number of halogens is 1. The molecule has 2 heterocycles. The Kier molecular flexibility index (Phi) is 2.92. The van der Waals surface area contributed by atoms with Crippen molar-refractivity contribution in [1.29, 1.82) is 0 Å². The van der Waals surface area contributed by atoms with E-state index >= 15 is 0 Å². The topological polar surface area (TPSA) is 37.8 Å². The molecule has 3 rings (SSSR count). The van der Waals surface area contributed by atoms with E-state index in [1.165, 1.54) is 12.2 Å². The number of H-pyrrole nitrogens is 1. The van der Waals surface area contributed by atoms with Gasteiger partial charge >= 0.3 is 5.69 Å². The van der Waals surface area contributed by atoms with Crippen molar-refractivity contribution >= 4 is 34.4 Å². The van der Waals surface area contributed by atoms with Crippen LogP contribution >= 0.6 is 23.4 Å². The van der Waals surface area contributed by atoms with Crippen molar-refractivity contribution in [3.63, 3.8) is 0 Å². The van der Waals surface area contributed by atoms with Gasteiger partial charge in [0.25, 0.3) is 0 Å². The Bertz CT molecular complexity index is 598. The number of aromatic amines is 1. The highest BCUT2D eigenvalue weighted by atomic mass is 35.5. The number of fused-ring (bicyclic) bond motifs is 1. The summed E-state index contributed by atoms with van der Waals surface area (Å²) in [5, 5.41) is 0.656. The lowest BCUT2D eigenvalue weighted by atomic mass is 10.2. The van der Waals surface area contributed by atoms with Gasteiger partial charge in [0.2, 0.25) is 0 Å². The van der Waals surface area contributed by atoms with Crippen LogP contribution in [0.5, 0.6) is 0 Å². The molecule has 1 aliphatic heterocycles. The van der Waals surface area contributed by atoms with E-state index in [0.29, 0.717) is 11.1 Å². The number of nitrogens with zero attached hydrogens (tertiary/aromatic N) is 1. The molecule has 0 amide bonds. The summed E-state index contributed by atoms with van der Waals surface area (Å²) >= 11 is 7.85. The maximum atomic E-state index is 12.0. The largest absolute Gasteiger partial charge is 0.326 e. The van der Waals surface area contributed by atoms with Crippen molar-refractivity contribution in [2.75, 3.05) is 11.5 Å². The fraction of sp³-hybridized carbons (Fsp3) is 0.417. The van der Waals surface area contributed by atoms with Crippen molar-refractivity contribution in [3.8, 4) is 0 Å². The van der Waals surface area contributed by atoms with Crippen LogP contribution in [-0.2, 0) is 0 Å². The van der Waals surface area contributed by atoms with Gasteiger partial charge in [-0.2, -0.15) is 11.8 Å². The molecule has 0 radical (unpaired) electrons. The number of thioether (sulfide) groups is 1. The summed E-state index contributed by atoms with van der Waals surface area (Å²) in [7, 11) is 0. The summed E-state index contributed by atoms with van der Waals surface area (Å²) in [6, 6.07) is 5.89. The van der Waals surface area contributed by atoms with E-state index in [1.54, 1.807) is 0 Å². The third kappa shape index (κ3) is 2.00. The van der Waals surface area contributed by atoms with E-state index in [-0.39, 0.29) is 5.69 Å². The zero-order valence-electron chi connectivity index (χ0n) is 9.28. The van der Waals surface area contributed by atoms with Crippen LogP contribution in [0, 0.1) is 0 Å². The van der Waals surface area contributed by atoms with Gasteiger partial charge in [0.15, 0.2) is 0 Å². The van der Waals surface area contributed by atoms with Crippen molar-refractivity contribution < 1.29 is 0 Å². The Hall–Kier alpha value is -0.870. The van der Waals surface area contributed by atoms with Crippen LogP contribution < -0.4 is 5.69 Å². The van der Waals surface area contributed by atoms with Crippen LogP contribution in [0.1, 0.15) is 18.9 Å². The van der Waals surface area contributed by atoms with Gasteiger partial charge in [-0.15, -0.1) is 0 Å². The molecule has 17 heavy (non-hydrogen) atoms. The molecular formula is C12H13ClN2OS. The molecule has 3 nitrogen and oxygen atoms in total. The average Bonchev–Trinajstić information content (AvgIpc) is 2.65. The van der Waals surface area contributed by atoms with Gasteiger partial charge in [-0.05, 0) is 36.8 Å². The second kappa shape index (κ2) is 4.42. The van der Waals surface area contributed by atoms with Gasteiger partial charge in [0.1, 0.15) is 0 Å². The molecule has 1 atom stereocenters. The second-order valence-corrected chi connectivity index (χ2v) is 5.92. The molecule has 1 aliphatic rings. The van der Waals surface area contributed by atoms with Crippen LogP contribution in [0.4, 0.5) is 0 Å². The van der Waals surface area contributed by atoms with E-state index in [9.17, 15) is 4.79 Å². The zero-order chi connectivity index (χ0) is 11.8. The molecule has 5 heteroatoms. The average molecular weight is 269 g/mol. The predicted molar refractivity (Wildman–Crippen MR) is 73.2 cm³/mol. The molecule has 1 N–H and O–H groups in total. The molecule has 0 spiro atoms. The van der Waals surface area contributed by atoms with Crippen LogP contribution in [-0.4, -0.2) is 21.1 Å². The molecule has 1 aromatic heterocycles. The molecule has 1 unspecified atom stereocenters. The standard InChI is InChI=1S/C12H13ClN2OS/c13-8-3-4-11-10(6-8)14-12(16)15(11)9-2-1-5-17-7-9/h3-4,6,9H,1-2,5,7H2,(H,14,16). The lowest BCUT2D eigenvalue weighted by molar-refractivity contribution is 0.499. The van der Waals surface area contributed by atoms with Crippen molar-refractivity contribution in [2.45, 2.75) is 18.9 Å². The Morgan fingerprint density at radius 3 is 3.12 bits per heavy atom. The van der Waals surface area contributed by atoms with Crippen molar-refractivity contribution in [1.82, 2.24) is 9.55 Å². The number of rotatable bonds is 1. The van der Waals surface area contributed by atoms with Crippen LogP contribution in [0.25, 0.3) is 11.0 Å². The summed E-state index contributed by atoms with van der Waals surface area (Å²) in [6.45, 7) is 0. The van der Waals surface area contributed by atoms with Crippen LogP contribution in [0.15, 0.2) is 23.0 Å². The maximum Gasteiger partial charge on any atom is 0.326 e. The molecule has 0 saturated carbocycles. The monoisotopic (exact) mass is 268 g/mol. The lowest BCUT2D eigenvalue weighted by Gasteiger charge is -2.22. The minimum absolute atomic E-state index is 0.0187. The maximum absolute atomic E-state index is 12.0. The number of aromatic nitrogens is 2. The van der Waals surface area contributed by atoms with E-state index < -0.39 is 0 Å². The van der Waals surface area contributed by atoms with E-state index in [1.807, 2.05) is 34.5 Å². The summed E-state index contributed by atoms with van der Waals surface area (Å²) < 4.78 is 1.89. The molecule has 0 bridgehead atoms. The minimum Gasteiger partial charge on any atom is -0.305 e. The van der Waals surface area contributed by atoms with E-state index in [4.69, 9.17) is 11.6 Å². The first-order valence-electron chi connectivity index (χ1n) is 5.73. The highest BCUT2D eigenvalue weighted by Crippen LogP contribution is 2.28. The first-order chi connectivity index (χ1) is 8.25. The van der Waals surface area contributed by atoms with Gasteiger partial charge in [0, 0.05) is 16.8 Å². The Morgan fingerprint density at radius 2 is 2.35 bits per heavy atom. The molecule has 90 valence electrons. The van der Waals surface area contributed by atoms with Crippen LogP contribution in [0.2, 0.25) is 5.02 Å². The third-order valence-electron chi connectivity index (χ3n) is 3.18. The minimum atomic E-state index is -0.0187. The van der Waals surface area contributed by atoms with Gasteiger partial charge in [-0.25, -0.2) is 4.79 Å². The number of hydrogen-bond donors (Lipinski definition) is 1. The molecule has 1 saturated heterocycles. The highest BCUT2D eigenvalue weighted by Gasteiger charge is 2.19. The third-order valence-corrected chi connectivity index (χ3v) is 4.61. The summed E-state index contributed by atoms with van der Waals surface area (Å²) in [5.41, 5.74) is 1.78. The fourth-order valence-corrected chi connectivity index (χ4v) is 3.69. The molecular weight excluding hydrogens is 256 g/mol. The normalized spacial score (nSPS) is 20.9. The van der Waals surface area contributed by atoms with Crippen LogP contribution in [0.3, 0.4) is 0 Å². The number of imidazole rings is 1. The first kappa shape index (κ1) is 11.2.